The maximum absolute atomic E-state index is 11.0. The summed E-state index contributed by atoms with van der Waals surface area (Å²) in [7, 11) is 0. The van der Waals surface area contributed by atoms with Crippen molar-refractivity contribution in [1.82, 2.24) is 10.2 Å². The number of aryl methyl sites for hydroxylation is 1. The van der Waals surface area contributed by atoms with Gasteiger partial charge in [0.25, 0.3) is 11.6 Å². The van der Waals surface area contributed by atoms with Crippen molar-refractivity contribution in [2.24, 2.45) is 0 Å². The van der Waals surface area contributed by atoms with Gasteiger partial charge in [0, 0.05) is 18.2 Å². The van der Waals surface area contributed by atoms with E-state index >= 15 is 0 Å². The van der Waals surface area contributed by atoms with Crippen LogP contribution in [-0.2, 0) is 4.79 Å². The van der Waals surface area contributed by atoms with Crippen molar-refractivity contribution >= 4 is 17.7 Å². The molecule has 0 unspecified atom stereocenters. The summed E-state index contributed by atoms with van der Waals surface area (Å²) in [6, 6.07) is 4.57. The molecule has 0 amide bonds. The van der Waals surface area contributed by atoms with Gasteiger partial charge in [-0.1, -0.05) is 12.1 Å². The van der Waals surface area contributed by atoms with E-state index in [1.54, 1.807) is 19.1 Å². The van der Waals surface area contributed by atoms with Crippen LogP contribution in [-0.4, -0.2) is 26.2 Å². The average molecular weight is 275 g/mol. The molecule has 0 radical (unpaired) electrons. The molecule has 1 aromatic carbocycles. The molecule has 1 heterocycles. The van der Waals surface area contributed by atoms with Crippen LogP contribution in [0.2, 0.25) is 0 Å². The molecule has 0 saturated carbocycles. The molecule has 2 aromatic rings. The number of nitro groups is 1. The van der Waals surface area contributed by atoms with Crippen molar-refractivity contribution in [3.63, 3.8) is 0 Å². The molecular formula is C12H9N3O5. The minimum atomic E-state index is -1.16. The first-order valence-corrected chi connectivity index (χ1v) is 5.48. The van der Waals surface area contributed by atoms with Gasteiger partial charge in [0.2, 0.25) is 5.89 Å². The Kier molecular flexibility index (Phi) is 3.56. The quantitative estimate of drug-likeness (QED) is 0.515. The fourth-order valence-corrected chi connectivity index (χ4v) is 1.63. The molecule has 102 valence electrons. The van der Waals surface area contributed by atoms with Crippen LogP contribution in [0.3, 0.4) is 0 Å². The summed E-state index contributed by atoms with van der Waals surface area (Å²) in [6.45, 7) is 1.68. The molecule has 0 aliphatic rings. The maximum Gasteiger partial charge on any atom is 0.328 e. The third kappa shape index (κ3) is 2.69. The van der Waals surface area contributed by atoms with Crippen LogP contribution in [0, 0.1) is 17.0 Å². The molecule has 0 spiro atoms. The zero-order valence-electron chi connectivity index (χ0n) is 10.3. The standard InChI is InChI=1S/C12H9N3O5/c1-7-3-2-4-8(15(18)19)11(7)12-14-13-9(20-12)5-6-10(16)17/h2-6H,1H3,(H,16,17)/b6-5+. The molecule has 20 heavy (non-hydrogen) atoms. The average Bonchev–Trinajstić information content (AvgIpc) is 2.84. The zero-order chi connectivity index (χ0) is 14.7. The number of carboxylic acid groups (broad SMARTS) is 1. The van der Waals surface area contributed by atoms with E-state index in [2.05, 4.69) is 10.2 Å². The van der Waals surface area contributed by atoms with Gasteiger partial charge in [-0.25, -0.2) is 4.79 Å². The fraction of sp³-hybridized carbons (Fsp3) is 0.0833. The Hall–Kier alpha value is -3.03. The summed E-state index contributed by atoms with van der Waals surface area (Å²) >= 11 is 0. The van der Waals surface area contributed by atoms with E-state index in [9.17, 15) is 14.9 Å². The predicted octanol–water partition coefficient (Wildman–Crippen LogP) is 2.05. The number of rotatable bonds is 4. The summed E-state index contributed by atoms with van der Waals surface area (Å²) in [5.74, 6) is -1.23. The highest BCUT2D eigenvalue weighted by Gasteiger charge is 2.21. The van der Waals surface area contributed by atoms with Crippen molar-refractivity contribution in [3.05, 3.63) is 45.8 Å². The second-order valence-electron chi connectivity index (χ2n) is 3.84. The third-order valence-electron chi connectivity index (χ3n) is 2.47. The summed E-state index contributed by atoms with van der Waals surface area (Å²) in [6.07, 6.45) is 1.95. The largest absolute Gasteiger partial charge is 0.478 e. The van der Waals surface area contributed by atoms with Gasteiger partial charge < -0.3 is 9.52 Å². The highest BCUT2D eigenvalue weighted by Crippen LogP contribution is 2.31. The van der Waals surface area contributed by atoms with Gasteiger partial charge >= 0.3 is 5.97 Å². The van der Waals surface area contributed by atoms with Gasteiger partial charge in [-0.3, -0.25) is 10.1 Å². The number of aliphatic carboxylic acids is 1. The highest BCUT2D eigenvalue weighted by molar-refractivity contribution is 5.84. The molecule has 8 heteroatoms. The Balaban J connectivity index is 2.47. The number of carbonyl (C=O) groups is 1. The first kappa shape index (κ1) is 13.4. The Morgan fingerprint density at radius 1 is 1.45 bits per heavy atom. The third-order valence-corrected chi connectivity index (χ3v) is 2.47. The van der Waals surface area contributed by atoms with Crippen molar-refractivity contribution in [2.45, 2.75) is 6.92 Å². The summed E-state index contributed by atoms with van der Waals surface area (Å²) < 4.78 is 5.21. The van der Waals surface area contributed by atoms with E-state index in [1.807, 2.05) is 0 Å². The van der Waals surface area contributed by atoms with Crippen LogP contribution in [0.25, 0.3) is 17.5 Å². The molecule has 0 saturated heterocycles. The number of benzene rings is 1. The molecule has 0 bridgehead atoms. The van der Waals surface area contributed by atoms with Crippen LogP contribution < -0.4 is 0 Å². The lowest BCUT2D eigenvalue weighted by Gasteiger charge is -2.01. The minimum absolute atomic E-state index is 0.0279. The van der Waals surface area contributed by atoms with Gasteiger partial charge in [-0.2, -0.15) is 0 Å². The van der Waals surface area contributed by atoms with Gasteiger partial charge in [0.05, 0.1) is 4.92 Å². The van der Waals surface area contributed by atoms with Gasteiger partial charge in [0.15, 0.2) is 0 Å². The van der Waals surface area contributed by atoms with Crippen LogP contribution in [0.15, 0.2) is 28.7 Å². The van der Waals surface area contributed by atoms with E-state index in [1.165, 1.54) is 6.07 Å². The molecule has 0 aliphatic heterocycles. The van der Waals surface area contributed by atoms with Crippen molar-refractivity contribution in [1.29, 1.82) is 0 Å². The smallest absolute Gasteiger partial charge is 0.328 e. The Labute approximate surface area is 112 Å². The molecule has 8 nitrogen and oxygen atoms in total. The van der Waals surface area contributed by atoms with Gasteiger partial charge in [-0.05, 0) is 12.5 Å². The van der Waals surface area contributed by atoms with E-state index in [0.717, 1.165) is 12.2 Å². The molecule has 0 atom stereocenters. The molecule has 0 fully saturated rings. The van der Waals surface area contributed by atoms with Crippen LogP contribution in [0.5, 0.6) is 0 Å². The topological polar surface area (TPSA) is 119 Å². The monoisotopic (exact) mass is 275 g/mol. The van der Waals surface area contributed by atoms with Crippen molar-refractivity contribution < 1.29 is 19.2 Å². The van der Waals surface area contributed by atoms with E-state index in [0.29, 0.717) is 5.56 Å². The summed E-state index contributed by atoms with van der Waals surface area (Å²) in [5.41, 5.74) is 0.680. The first-order valence-electron chi connectivity index (χ1n) is 5.48. The molecule has 1 aromatic heterocycles. The second kappa shape index (κ2) is 5.31. The van der Waals surface area contributed by atoms with Gasteiger partial charge in [0.1, 0.15) is 5.56 Å². The number of hydrogen-bond donors (Lipinski definition) is 1. The number of nitro benzene ring substituents is 1. The zero-order valence-corrected chi connectivity index (χ0v) is 10.3. The lowest BCUT2D eigenvalue weighted by molar-refractivity contribution is -0.384. The van der Waals surface area contributed by atoms with Crippen LogP contribution >= 0.6 is 0 Å². The van der Waals surface area contributed by atoms with E-state index in [-0.39, 0.29) is 23.0 Å². The molecule has 2 rings (SSSR count). The Bertz CT molecular complexity index is 705. The molecule has 0 aliphatic carbocycles. The fourth-order valence-electron chi connectivity index (χ4n) is 1.63. The predicted molar refractivity (Wildman–Crippen MR) is 67.8 cm³/mol. The van der Waals surface area contributed by atoms with E-state index < -0.39 is 10.9 Å². The Morgan fingerprint density at radius 2 is 2.20 bits per heavy atom. The summed E-state index contributed by atoms with van der Waals surface area (Å²) in [5, 5.41) is 26.8. The Morgan fingerprint density at radius 3 is 2.85 bits per heavy atom. The number of aromatic nitrogens is 2. The van der Waals surface area contributed by atoms with Gasteiger partial charge in [-0.15, -0.1) is 10.2 Å². The number of carboxylic acids is 1. The molecule has 1 N–H and O–H groups in total. The number of hydrogen-bond acceptors (Lipinski definition) is 6. The summed E-state index contributed by atoms with van der Waals surface area (Å²) in [4.78, 5) is 20.8. The van der Waals surface area contributed by atoms with Crippen molar-refractivity contribution in [2.75, 3.05) is 0 Å². The minimum Gasteiger partial charge on any atom is -0.478 e. The van der Waals surface area contributed by atoms with E-state index in [4.69, 9.17) is 9.52 Å². The highest BCUT2D eigenvalue weighted by atomic mass is 16.6. The van der Waals surface area contributed by atoms with Crippen LogP contribution in [0.4, 0.5) is 5.69 Å². The lowest BCUT2D eigenvalue weighted by atomic mass is 10.1. The SMILES string of the molecule is Cc1cccc([N+](=O)[O-])c1-c1nnc(/C=C/C(=O)O)o1. The molecular weight excluding hydrogens is 266 g/mol. The normalized spacial score (nSPS) is 10.8. The van der Waals surface area contributed by atoms with Crippen LogP contribution in [0.1, 0.15) is 11.5 Å². The number of nitrogens with zero attached hydrogens (tertiary/aromatic N) is 3. The maximum atomic E-state index is 11.0. The van der Waals surface area contributed by atoms with Crippen molar-refractivity contribution in [3.8, 4) is 11.5 Å². The first-order chi connectivity index (χ1) is 9.49. The lowest BCUT2D eigenvalue weighted by Crippen LogP contribution is -1.94. The second-order valence-corrected chi connectivity index (χ2v) is 3.84.